The van der Waals surface area contributed by atoms with Crippen LogP contribution in [0.2, 0.25) is 0 Å². The Morgan fingerprint density at radius 1 is 1.11 bits per heavy atom. The third kappa shape index (κ3) is 4.58. The fraction of sp³-hybridized carbons (Fsp3) is 0.333. The first kappa shape index (κ1) is 23.6. The molecule has 0 radical (unpaired) electrons. The van der Waals surface area contributed by atoms with Gasteiger partial charge in [-0.25, -0.2) is 15.0 Å². The van der Waals surface area contributed by atoms with Crippen LogP contribution in [0.25, 0.3) is 0 Å². The molecule has 1 aromatic carbocycles. The highest BCUT2D eigenvalue weighted by atomic mass is 19.4. The smallest absolute Gasteiger partial charge is 0.416 e. The number of aromatic nitrogens is 3. The third-order valence-corrected chi connectivity index (χ3v) is 5.99. The highest BCUT2D eigenvalue weighted by Gasteiger charge is 2.33. The van der Waals surface area contributed by atoms with Crippen molar-refractivity contribution in [3.8, 4) is 11.5 Å². The Morgan fingerprint density at radius 3 is 2.61 bits per heavy atom. The molecule has 3 N–H and O–H groups in total. The maximum Gasteiger partial charge on any atom is 0.416 e. The number of carbonyl (C=O) groups excluding carboxylic acids is 1. The SMILES string of the molecule is Cc1nc2c(c(N[C@H](C)c3cc(N)cc(C(F)(F)F)c3)n1)CN(C(=O)c1cc3c(cn1)OCCO3)C2. The lowest BCUT2D eigenvalue weighted by Crippen LogP contribution is -2.27. The van der Waals surface area contributed by atoms with E-state index in [1.165, 1.54) is 12.3 Å². The lowest BCUT2D eigenvalue weighted by atomic mass is 10.0. The average Bonchev–Trinajstić information content (AvgIpc) is 3.26. The number of nitrogens with one attached hydrogen (secondary N) is 1. The first-order chi connectivity index (χ1) is 17.1. The van der Waals surface area contributed by atoms with Gasteiger partial charge in [0.15, 0.2) is 11.5 Å². The summed E-state index contributed by atoms with van der Waals surface area (Å²) in [5.41, 5.74) is 6.84. The van der Waals surface area contributed by atoms with Crippen molar-refractivity contribution < 1.29 is 27.4 Å². The standard InChI is InChI=1S/C24H23F3N6O3/c1-12(14-5-15(24(25,26)27)7-16(28)6-14)30-22-17-10-33(11-19(17)31-13(2)32-22)23(34)18-8-20-21(9-29-18)36-4-3-35-20/h5-9,12H,3-4,10-11,28H2,1-2H3,(H,30,31,32)/t12-/m1/s1. The number of alkyl halides is 3. The normalized spacial score (nSPS) is 15.4. The zero-order chi connectivity index (χ0) is 25.6. The van der Waals surface area contributed by atoms with E-state index in [1.807, 2.05) is 0 Å². The molecule has 1 amide bonds. The van der Waals surface area contributed by atoms with Gasteiger partial charge in [-0.1, -0.05) is 0 Å². The van der Waals surface area contributed by atoms with E-state index in [9.17, 15) is 18.0 Å². The van der Waals surface area contributed by atoms with E-state index in [1.54, 1.807) is 24.8 Å². The van der Waals surface area contributed by atoms with Crippen LogP contribution in [-0.2, 0) is 19.3 Å². The first-order valence-corrected chi connectivity index (χ1v) is 11.2. The van der Waals surface area contributed by atoms with Gasteiger partial charge in [0.2, 0.25) is 0 Å². The molecule has 0 bridgehead atoms. The summed E-state index contributed by atoms with van der Waals surface area (Å²) in [4.78, 5) is 27.9. The van der Waals surface area contributed by atoms with Crippen LogP contribution in [0, 0.1) is 6.92 Å². The lowest BCUT2D eigenvalue weighted by molar-refractivity contribution is -0.137. The van der Waals surface area contributed by atoms with Crippen molar-refractivity contribution >= 4 is 17.4 Å². The van der Waals surface area contributed by atoms with Crippen molar-refractivity contribution in [2.45, 2.75) is 39.2 Å². The molecule has 12 heteroatoms. The molecule has 1 atom stereocenters. The quantitative estimate of drug-likeness (QED) is 0.519. The van der Waals surface area contributed by atoms with Crippen molar-refractivity contribution in [2.75, 3.05) is 24.3 Å². The van der Waals surface area contributed by atoms with E-state index >= 15 is 0 Å². The van der Waals surface area contributed by atoms with Crippen LogP contribution in [-0.4, -0.2) is 39.0 Å². The van der Waals surface area contributed by atoms with Crippen molar-refractivity contribution in [3.63, 3.8) is 0 Å². The fourth-order valence-electron chi connectivity index (χ4n) is 4.25. The predicted octanol–water partition coefficient (Wildman–Crippen LogP) is 3.88. The number of fused-ring (bicyclic) bond motifs is 2. The van der Waals surface area contributed by atoms with Crippen LogP contribution in [0.4, 0.5) is 24.7 Å². The van der Waals surface area contributed by atoms with E-state index in [-0.39, 0.29) is 30.4 Å². The topological polar surface area (TPSA) is 115 Å². The number of halogens is 3. The molecule has 2 aliphatic rings. The Morgan fingerprint density at radius 2 is 1.86 bits per heavy atom. The van der Waals surface area contributed by atoms with Crippen LogP contribution in [0.1, 0.15) is 51.7 Å². The number of anilines is 2. The number of benzene rings is 1. The maximum absolute atomic E-state index is 13.3. The number of aryl methyl sites for hydroxylation is 1. The number of rotatable bonds is 4. The van der Waals surface area contributed by atoms with Gasteiger partial charge in [-0.15, -0.1) is 0 Å². The molecule has 2 aliphatic heterocycles. The Bertz CT molecular complexity index is 1350. The predicted molar refractivity (Wildman–Crippen MR) is 123 cm³/mol. The van der Waals surface area contributed by atoms with Gasteiger partial charge in [0.1, 0.15) is 30.5 Å². The summed E-state index contributed by atoms with van der Waals surface area (Å²) in [5, 5.41) is 3.18. The van der Waals surface area contributed by atoms with Gasteiger partial charge in [0, 0.05) is 17.3 Å². The summed E-state index contributed by atoms with van der Waals surface area (Å²) >= 11 is 0. The number of amides is 1. The summed E-state index contributed by atoms with van der Waals surface area (Å²) in [7, 11) is 0. The van der Waals surface area contributed by atoms with Gasteiger partial charge in [-0.3, -0.25) is 4.79 Å². The Kier molecular flexibility index (Phi) is 5.81. The fourth-order valence-corrected chi connectivity index (χ4v) is 4.25. The van der Waals surface area contributed by atoms with Gasteiger partial charge in [-0.05, 0) is 37.6 Å². The zero-order valence-electron chi connectivity index (χ0n) is 19.5. The number of carbonyl (C=O) groups is 1. The average molecular weight is 500 g/mol. The number of ether oxygens (including phenoxy) is 2. The lowest BCUT2D eigenvalue weighted by Gasteiger charge is -2.20. The van der Waals surface area contributed by atoms with E-state index in [2.05, 4.69) is 20.3 Å². The van der Waals surface area contributed by atoms with Crippen molar-refractivity contribution in [1.82, 2.24) is 19.9 Å². The van der Waals surface area contributed by atoms with Crippen LogP contribution >= 0.6 is 0 Å². The number of nitrogens with zero attached hydrogens (tertiary/aromatic N) is 4. The molecule has 0 fully saturated rings. The summed E-state index contributed by atoms with van der Waals surface area (Å²) in [6, 6.07) is 4.46. The number of nitrogen functional groups attached to an aromatic ring is 1. The number of nitrogens with two attached hydrogens (primary N) is 1. The highest BCUT2D eigenvalue weighted by molar-refractivity contribution is 5.93. The van der Waals surface area contributed by atoms with E-state index in [0.717, 1.165) is 12.1 Å². The van der Waals surface area contributed by atoms with Gasteiger partial charge in [-0.2, -0.15) is 13.2 Å². The van der Waals surface area contributed by atoms with Gasteiger partial charge < -0.3 is 25.4 Å². The van der Waals surface area contributed by atoms with E-state index in [4.69, 9.17) is 15.2 Å². The molecule has 36 heavy (non-hydrogen) atoms. The first-order valence-electron chi connectivity index (χ1n) is 11.2. The van der Waals surface area contributed by atoms with E-state index < -0.39 is 17.8 Å². The van der Waals surface area contributed by atoms with Gasteiger partial charge in [0.05, 0.1) is 36.6 Å². The Labute approximate surface area is 204 Å². The maximum atomic E-state index is 13.3. The van der Waals surface area contributed by atoms with Gasteiger partial charge >= 0.3 is 6.18 Å². The van der Waals surface area contributed by atoms with Crippen LogP contribution in [0.5, 0.6) is 11.5 Å². The van der Waals surface area contributed by atoms with Crippen molar-refractivity contribution in [1.29, 1.82) is 0 Å². The molecule has 2 aromatic heterocycles. The van der Waals surface area contributed by atoms with Crippen LogP contribution in [0.15, 0.2) is 30.5 Å². The molecule has 3 aromatic rings. The molecule has 4 heterocycles. The number of pyridine rings is 1. The second-order valence-electron chi connectivity index (χ2n) is 8.67. The Balaban J connectivity index is 1.38. The number of hydrogen-bond donors (Lipinski definition) is 2. The molecule has 0 aliphatic carbocycles. The minimum absolute atomic E-state index is 0.0151. The molecule has 0 saturated heterocycles. The molecule has 0 spiro atoms. The molecule has 0 saturated carbocycles. The zero-order valence-corrected chi connectivity index (χ0v) is 19.5. The molecule has 9 nitrogen and oxygen atoms in total. The van der Waals surface area contributed by atoms with Crippen molar-refractivity contribution in [3.05, 3.63) is 64.4 Å². The van der Waals surface area contributed by atoms with Crippen LogP contribution in [0.3, 0.4) is 0 Å². The van der Waals surface area contributed by atoms with Crippen LogP contribution < -0.4 is 20.5 Å². The molecular weight excluding hydrogens is 477 g/mol. The highest BCUT2D eigenvalue weighted by Crippen LogP contribution is 2.35. The largest absolute Gasteiger partial charge is 0.486 e. The van der Waals surface area contributed by atoms with E-state index in [0.29, 0.717) is 53.2 Å². The summed E-state index contributed by atoms with van der Waals surface area (Å²) < 4.78 is 50.8. The van der Waals surface area contributed by atoms with Crippen molar-refractivity contribution in [2.24, 2.45) is 0 Å². The summed E-state index contributed by atoms with van der Waals surface area (Å²) in [5.74, 6) is 1.56. The van der Waals surface area contributed by atoms with Gasteiger partial charge in [0.25, 0.3) is 5.91 Å². The molecule has 5 rings (SSSR count). The number of hydrogen-bond acceptors (Lipinski definition) is 8. The second-order valence-corrected chi connectivity index (χ2v) is 8.67. The minimum Gasteiger partial charge on any atom is -0.486 e. The minimum atomic E-state index is -4.51. The summed E-state index contributed by atoms with van der Waals surface area (Å²) in [6.45, 7) is 4.70. The molecule has 0 unspecified atom stereocenters. The Hall–Kier alpha value is -4.09. The molecule has 188 valence electrons. The molecular formula is C24H23F3N6O3. The second kappa shape index (κ2) is 8.85. The monoisotopic (exact) mass is 500 g/mol. The third-order valence-electron chi connectivity index (χ3n) is 5.99. The summed E-state index contributed by atoms with van der Waals surface area (Å²) in [6.07, 6.45) is -3.05.